The van der Waals surface area contributed by atoms with Crippen molar-refractivity contribution in [3.8, 4) is 0 Å². The van der Waals surface area contributed by atoms with Gasteiger partial charge in [-0.3, -0.25) is 0 Å². The average molecular weight is 497 g/mol. The van der Waals surface area contributed by atoms with Gasteiger partial charge in [-0.1, -0.05) is 125 Å². The van der Waals surface area contributed by atoms with Crippen LogP contribution in [0.25, 0.3) is 0 Å². The van der Waals surface area contributed by atoms with E-state index in [1.807, 2.05) is 0 Å². The minimum absolute atomic E-state index is 0.841. The SMILES string of the molecule is CCc1ccc(P([N]P(c2ccc(CC)cc2)c2ccc(CC)cc2)c2ccc(CC)cc2)cc1. The Labute approximate surface area is 214 Å². The van der Waals surface area contributed by atoms with Crippen LogP contribution in [0.15, 0.2) is 97.1 Å². The second-order valence-corrected chi connectivity index (χ2v) is 12.8. The zero-order valence-corrected chi connectivity index (χ0v) is 23.2. The van der Waals surface area contributed by atoms with Crippen molar-refractivity contribution < 1.29 is 0 Å². The van der Waals surface area contributed by atoms with Crippen LogP contribution in [0.2, 0.25) is 0 Å². The monoisotopic (exact) mass is 496 g/mol. The van der Waals surface area contributed by atoms with Gasteiger partial charge in [-0.2, -0.15) is 4.86 Å². The highest BCUT2D eigenvalue weighted by atomic mass is 31.2. The smallest absolute Gasteiger partial charge is 0.0497 e. The van der Waals surface area contributed by atoms with E-state index < -0.39 is 16.1 Å². The molecule has 0 saturated heterocycles. The highest BCUT2D eigenvalue weighted by Gasteiger charge is 2.24. The molecule has 4 rings (SSSR count). The molecule has 0 aliphatic heterocycles. The van der Waals surface area contributed by atoms with Gasteiger partial charge in [-0.15, -0.1) is 0 Å². The molecule has 0 fully saturated rings. The van der Waals surface area contributed by atoms with Crippen molar-refractivity contribution in [1.29, 1.82) is 0 Å². The second-order valence-electron chi connectivity index (χ2n) is 8.79. The number of hydrogen-bond donors (Lipinski definition) is 0. The third kappa shape index (κ3) is 6.48. The van der Waals surface area contributed by atoms with Crippen LogP contribution in [0.1, 0.15) is 49.9 Å². The molecule has 4 aromatic rings. The van der Waals surface area contributed by atoms with E-state index in [4.69, 9.17) is 4.86 Å². The van der Waals surface area contributed by atoms with Gasteiger partial charge in [0.05, 0.1) is 0 Å². The molecule has 0 unspecified atom stereocenters. The maximum Gasteiger partial charge on any atom is 0.0497 e. The Bertz CT molecular complexity index is 989. The number of rotatable bonds is 10. The summed E-state index contributed by atoms with van der Waals surface area (Å²) in [6.45, 7) is 8.85. The topological polar surface area (TPSA) is 14.1 Å². The lowest BCUT2D eigenvalue weighted by Gasteiger charge is -2.26. The van der Waals surface area contributed by atoms with Crippen molar-refractivity contribution in [3.05, 3.63) is 119 Å². The van der Waals surface area contributed by atoms with Crippen molar-refractivity contribution in [2.75, 3.05) is 0 Å². The van der Waals surface area contributed by atoms with E-state index in [1.54, 1.807) is 0 Å². The number of benzene rings is 4. The average Bonchev–Trinajstić information content (AvgIpc) is 2.94. The number of nitrogens with zero attached hydrogens (tertiary/aromatic N) is 1. The Morgan fingerprint density at radius 1 is 0.371 bits per heavy atom. The lowest BCUT2D eigenvalue weighted by molar-refractivity contribution is 1.14. The maximum absolute atomic E-state index is 5.71. The van der Waals surface area contributed by atoms with Crippen LogP contribution in [0, 0.1) is 0 Å². The molecule has 0 heterocycles. The van der Waals surface area contributed by atoms with Crippen LogP contribution in [-0.2, 0) is 25.7 Å². The first-order valence-corrected chi connectivity index (χ1v) is 15.4. The van der Waals surface area contributed by atoms with Gasteiger partial charge in [0.1, 0.15) is 0 Å². The van der Waals surface area contributed by atoms with E-state index in [0.29, 0.717) is 0 Å². The van der Waals surface area contributed by atoms with Gasteiger partial charge in [-0.25, -0.2) is 0 Å². The molecule has 0 aliphatic rings. The molecule has 4 aromatic carbocycles. The lowest BCUT2D eigenvalue weighted by Crippen LogP contribution is -2.23. The quantitative estimate of drug-likeness (QED) is 0.211. The molecule has 0 amide bonds. The summed E-state index contributed by atoms with van der Waals surface area (Å²) in [5.74, 6) is 0. The Hall–Kier alpha value is -2.30. The van der Waals surface area contributed by atoms with Crippen LogP contribution < -0.4 is 26.1 Å². The number of hydrogen-bond acceptors (Lipinski definition) is 0. The standard InChI is InChI=1S/C32H36NP2/c1-5-25-9-17-29(18-10-25)34(30-19-11-26(6-2)12-20-30)33-35(31-21-13-27(7-3)14-22-31)32-23-15-28(8-4)16-24-32/h9-24H,5-8H2,1-4H3. The molecule has 179 valence electrons. The molecule has 1 nitrogen and oxygen atoms in total. The third-order valence-electron chi connectivity index (χ3n) is 6.54. The van der Waals surface area contributed by atoms with Gasteiger partial charge in [-0.05, 0) is 69.2 Å². The summed E-state index contributed by atoms with van der Waals surface area (Å²) in [4.78, 5) is 5.71. The summed E-state index contributed by atoms with van der Waals surface area (Å²) < 4.78 is 0. The molecular formula is C32H36NP2. The first-order chi connectivity index (χ1) is 17.1. The molecule has 0 aliphatic carbocycles. The Morgan fingerprint density at radius 2 is 0.571 bits per heavy atom. The first kappa shape index (κ1) is 25.8. The zero-order valence-electron chi connectivity index (χ0n) is 21.4. The summed E-state index contributed by atoms with van der Waals surface area (Å²) in [5, 5.41) is 5.29. The molecule has 0 spiro atoms. The van der Waals surface area contributed by atoms with E-state index in [9.17, 15) is 0 Å². The van der Waals surface area contributed by atoms with Crippen molar-refractivity contribution in [2.45, 2.75) is 53.4 Å². The van der Waals surface area contributed by atoms with E-state index in [1.165, 1.54) is 43.5 Å². The van der Waals surface area contributed by atoms with E-state index in [2.05, 4.69) is 125 Å². The summed E-state index contributed by atoms with van der Waals surface area (Å²) in [6, 6.07) is 36.6. The van der Waals surface area contributed by atoms with Gasteiger partial charge in [0.25, 0.3) is 0 Å². The maximum atomic E-state index is 5.71. The summed E-state index contributed by atoms with van der Waals surface area (Å²) in [7, 11) is -1.68. The molecule has 3 heteroatoms. The zero-order chi connectivity index (χ0) is 24.6. The Morgan fingerprint density at radius 3 is 0.743 bits per heavy atom. The Balaban J connectivity index is 1.77. The molecule has 0 N–H and O–H groups in total. The summed E-state index contributed by atoms with van der Waals surface area (Å²) >= 11 is 0. The van der Waals surface area contributed by atoms with Gasteiger partial charge in [0.15, 0.2) is 0 Å². The van der Waals surface area contributed by atoms with Gasteiger partial charge >= 0.3 is 0 Å². The highest BCUT2D eigenvalue weighted by molar-refractivity contribution is 7.85. The minimum Gasteiger partial charge on any atom is -0.173 e. The van der Waals surface area contributed by atoms with E-state index in [0.717, 1.165) is 25.7 Å². The van der Waals surface area contributed by atoms with Crippen molar-refractivity contribution in [3.63, 3.8) is 0 Å². The van der Waals surface area contributed by atoms with Crippen LogP contribution in [-0.4, -0.2) is 0 Å². The number of aryl methyl sites for hydroxylation is 4. The molecule has 0 atom stereocenters. The predicted molar refractivity (Wildman–Crippen MR) is 158 cm³/mol. The van der Waals surface area contributed by atoms with E-state index >= 15 is 0 Å². The normalized spacial score (nSPS) is 11.4. The lowest BCUT2D eigenvalue weighted by atomic mass is 10.2. The fourth-order valence-electron chi connectivity index (χ4n) is 4.09. The van der Waals surface area contributed by atoms with Gasteiger partial charge < -0.3 is 0 Å². The largest absolute Gasteiger partial charge is 0.173 e. The minimum atomic E-state index is -0.841. The van der Waals surface area contributed by atoms with Gasteiger partial charge in [0, 0.05) is 16.1 Å². The summed E-state index contributed by atoms with van der Waals surface area (Å²) in [6.07, 6.45) is 4.23. The second kappa shape index (κ2) is 12.6. The molecule has 0 bridgehead atoms. The van der Waals surface area contributed by atoms with Crippen LogP contribution in [0.5, 0.6) is 0 Å². The predicted octanol–water partition coefficient (Wildman–Crippen LogP) is 6.94. The van der Waals surface area contributed by atoms with Crippen molar-refractivity contribution in [2.24, 2.45) is 0 Å². The Kier molecular flexibility index (Phi) is 9.28. The molecule has 35 heavy (non-hydrogen) atoms. The van der Waals surface area contributed by atoms with Crippen molar-refractivity contribution >= 4 is 37.4 Å². The van der Waals surface area contributed by atoms with E-state index in [-0.39, 0.29) is 0 Å². The van der Waals surface area contributed by atoms with Crippen LogP contribution >= 0.6 is 16.1 Å². The fraction of sp³-hybridized carbons (Fsp3) is 0.250. The van der Waals surface area contributed by atoms with Crippen LogP contribution in [0.4, 0.5) is 0 Å². The molecule has 0 saturated carbocycles. The highest BCUT2D eigenvalue weighted by Crippen LogP contribution is 2.45. The summed E-state index contributed by atoms with van der Waals surface area (Å²) in [5.41, 5.74) is 5.49. The molecular weight excluding hydrogens is 460 g/mol. The first-order valence-electron chi connectivity index (χ1n) is 12.8. The van der Waals surface area contributed by atoms with Gasteiger partial charge in [0.2, 0.25) is 0 Å². The molecule has 0 aromatic heterocycles. The fourth-order valence-corrected chi connectivity index (χ4v) is 8.78. The third-order valence-corrected chi connectivity index (χ3v) is 11.1. The molecule has 1 radical (unpaired) electrons. The van der Waals surface area contributed by atoms with Crippen molar-refractivity contribution in [1.82, 2.24) is 4.86 Å². The van der Waals surface area contributed by atoms with Crippen LogP contribution in [0.3, 0.4) is 0 Å².